The van der Waals surface area contributed by atoms with E-state index >= 15 is 0 Å². The van der Waals surface area contributed by atoms with Gasteiger partial charge in [-0.3, -0.25) is 0 Å². The molecule has 3 aromatic rings. The highest BCUT2D eigenvalue weighted by molar-refractivity contribution is 5.81. The van der Waals surface area contributed by atoms with E-state index in [4.69, 9.17) is 4.74 Å². The number of ether oxygens (including phenoxy) is 1. The molecule has 1 aliphatic rings. The molecule has 3 N–H and O–H groups in total. The number of carbonyl (C=O) groups excluding carboxylic acids is 1. The number of aliphatic carboxylic acids is 1. The SMILES string of the molecule is CC(c1ccc(O)cc1)C(NC(=O)OCc1cccc2c1Cc1ccccc1-2)C(=O)O. The molecule has 0 fully saturated rings. The van der Waals surface area contributed by atoms with Gasteiger partial charge in [0, 0.05) is 5.92 Å². The number of fused-ring (bicyclic) bond motifs is 3. The highest BCUT2D eigenvalue weighted by atomic mass is 16.5. The van der Waals surface area contributed by atoms with Crippen LogP contribution in [0.25, 0.3) is 11.1 Å². The van der Waals surface area contributed by atoms with E-state index < -0.39 is 24.0 Å². The van der Waals surface area contributed by atoms with Crippen LogP contribution < -0.4 is 5.32 Å². The van der Waals surface area contributed by atoms with Crippen molar-refractivity contribution in [1.29, 1.82) is 0 Å². The summed E-state index contributed by atoms with van der Waals surface area (Å²) in [6.45, 7) is 1.76. The van der Waals surface area contributed by atoms with Crippen molar-refractivity contribution in [2.75, 3.05) is 0 Å². The van der Waals surface area contributed by atoms with E-state index in [1.54, 1.807) is 19.1 Å². The number of carboxylic acids is 1. The minimum atomic E-state index is -1.16. The van der Waals surface area contributed by atoms with Crippen LogP contribution in [0, 0.1) is 0 Å². The monoisotopic (exact) mass is 417 g/mol. The van der Waals surface area contributed by atoms with Crippen molar-refractivity contribution < 1.29 is 24.5 Å². The smallest absolute Gasteiger partial charge is 0.408 e. The Balaban J connectivity index is 1.43. The number of hydrogen-bond donors (Lipinski definition) is 3. The van der Waals surface area contributed by atoms with Gasteiger partial charge in [0.05, 0.1) is 0 Å². The Labute approximate surface area is 180 Å². The number of amides is 1. The van der Waals surface area contributed by atoms with Gasteiger partial charge in [-0.05, 0) is 51.9 Å². The van der Waals surface area contributed by atoms with Crippen LogP contribution >= 0.6 is 0 Å². The number of phenols is 1. The van der Waals surface area contributed by atoms with Crippen LogP contribution in [0.5, 0.6) is 5.75 Å². The second kappa shape index (κ2) is 8.52. The molecule has 1 aliphatic carbocycles. The average Bonchev–Trinajstić information content (AvgIpc) is 3.15. The predicted molar refractivity (Wildman–Crippen MR) is 116 cm³/mol. The summed E-state index contributed by atoms with van der Waals surface area (Å²) in [5.41, 5.74) is 6.29. The van der Waals surface area contributed by atoms with E-state index in [-0.39, 0.29) is 12.4 Å². The second-order valence-corrected chi connectivity index (χ2v) is 7.69. The molecule has 0 heterocycles. The Kier molecular flexibility index (Phi) is 5.62. The summed E-state index contributed by atoms with van der Waals surface area (Å²) in [4.78, 5) is 24.2. The topological polar surface area (TPSA) is 95.9 Å². The molecule has 31 heavy (non-hydrogen) atoms. The van der Waals surface area contributed by atoms with Crippen molar-refractivity contribution in [3.05, 3.63) is 89.0 Å². The maximum absolute atomic E-state index is 12.4. The normalized spacial score (nSPS) is 13.6. The van der Waals surface area contributed by atoms with Gasteiger partial charge in [0.15, 0.2) is 0 Å². The lowest BCUT2D eigenvalue weighted by Gasteiger charge is -2.22. The number of hydrogen-bond acceptors (Lipinski definition) is 4. The molecule has 0 radical (unpaired) electrons. The summed E-state index contributed by atoms with van der Waals surface area (Å²) in [5.74, 6) is -1.58. The lowest BCUT2D eigenvalue weighted by molar-refractivity contribution is -0.139. The summed E-state index contributed by atoms with van der Waals surface area (Å²) >= 11 is 0. The van der Waals surface area contributed by atoms with Crippen molar-refractivity contribution in [2.24, 2.45) is 0 Å². The van der Waals surface area contributed by atoms with E-state index in [0.717, 1.165) is 23.1 Å². The quantitative estimate of drug-likeness (QED) is 0.431. The van der Waals surface area contributed by atoms with Crippen molar-refractivity contribution in [1.82, 2.24) is 5.32 Å². The second-order valence-electron chi connectivity index (χ2n) is 7.69. The van der Waals surface area contributed by atoms with Crippen molar-refractivity contribution in [3.8, 4) is 16.9 Å². The molecule has 6 nitrogen and oxygen atoms in total. The van der Waals surface area contributed by atoms with Crippen LogP contribution in [0.1, 0.15) is 35.1 Å². The van der Waals surface area contributed by atoms with Crippen molar-refractivity contribution in [3.63, 3.8) is 0 Å². The third kappa shape index (κ3) is 4.23. The molecule has 2 unspecified atom stereocenters. The van der Waals surface area contributed by atoms with Crippen LogP contribution in [0.2, 0.25) is 0 Å². The van der Waals surface area contributed by atoms with Crippen molar-refractivity contribution >= 4 is 12.1 Å². The van der Waals surface area contributed by atoms with Crippen LogP contribution in [-0.2, 0) is 22.6 Å². The Morgan fingerprint density at radius 1 is 1.00 bits per heavy atom. The van der Waals surface area contributed by atoms with Gasteiger partial charge in [0.1, 0.15) is 18.4 Å². The first-order valence-electron chi connectivity index (χ1n) is 10.1. The zero-order chi connectivity index (χ0) is 22.0. The van der Waals surface area contributed by atoms with E-state index in [2.05, 4.69) is 23.5 Å². The lowest BCUT2D eigenvalue weighted by atomic mass is 9.93. The zero-order valence-corrected chi connectivity index (χ0v) is 17.0. The van der Waals surface area contributed by atoms with Crippen LogP contribution in [0.15, 0.2) is 66.7 Å². The molecule has 6 heteroatoms. The first kappa shape index (κ1) is 20.5. The molecule has 0 spiro atoms. The molecule has 1 amide bonds. The largest absolute Gasteiger partial charge is 0.508 e. The first-order chi connectivity index (χ1) is 14.9. The van der Waals surface area contributed by atoms with E-state index in [1.165, 1.54) is 23.3 Å². The lowest BCUT2D eigenvalue weighted by Crippen LogP contribution is -2.44. The number of nitrogens with one attached hydrogen (secondary N) is 1. The number of benzene rings is 3. The molecule has 2 atom stereocenters. The maximum atomic E-state index is 12.4. The number of aromatic hydroxyl groups is 1. The fraction of sp³-hybridized carbons (Fsp3) is 0.200. The minimum Gasteiger partial charge on any atom is -0.508 e. The molecular formula is C25H23NO5. The summed E-state index contributed by atoms with van der Waals surface area (Å²) in [6, 6.07) is 19.2. The van der Waals surface area contributed by atoms with Crippen LogP contribution in [0.3, 0.4) is 0 Å². The summed E-state index contributed by atoms with van der Waals surface area (Å²) < 4.78 is 5.38. The van der Waals surface area contributed by atoms with E-state index in [9.17, 15) is 19.8 Å². The summed E-state index contributed by atoms with van der Waals surface area (Å²) in [7, 11) is 0. The maximum Gasteiger partial charge on any atom is 0.408 e. The molecule has 0 saturated heterocycles. The average molecular weight is 417 g/mol. The van der Waals surface area contributed by atoms with Crippen LogP contribution in [-0.4, -0.2) is 28.3 Å². The fourth-order valence-electron chi connectivity index (χ4n) is 4.04. The standard InChI is InChI=1S/C25H23NO5/c1-15(16-9-11-19(27)12-10-16)23(24(28)29)26-25(30)31-14-18-6-4-8-21-20-7-3-2-5-17(20)13-22(18)21/h2-12,15,23,27H,13-14H2,1H3,(H,26,30)(H,28,29). The van der Waals surface area contributed by atoms with E-state index in [0.29, 0.717) is 5.56 Å². The fourth-order valence-corrected chi connectivity index (χ4v) is 4.04. The van der Waals surface area contributed by atoms with Gasteiger partial charge < -0.3 is 20.3 Å². The first-order valence-corrected chi connectivity index (χ1v) is 10.1. The molecular weight excluding hydrogens is 394 g/mol. The number of carbonyl (C=O) groups is 2. The van der Waals surface area contributed by atoms with Gasteiger partial charge in [0.2, 0.25) is 0 Å². The molecule has 158 valence electrons. The van der Waals surface area contributed by atoms with Gasteiger partial charge in [-0.1, -0.05) is 61.5 Å². The molecule has 0 saturated carbocycles. The number of alkyl carbamates (subject to hydrolysis) is 1. The third-order valence-electron chi connectivity index (χ3n) is 5.76. The molecule has 0 aromatic heterocycles. The summed E-state index contributed by atoms with van der Waals surface area (Å²) in [5, 5.41) is 21.5. The van der Waals surface area contributed by atoms with Gasteiger partial charge in [-0.2, -0.15) is 0 Å². The number of phenolic OH excluding ortho intramolecular Hbond substituents is 1. The van der Waals surface area contributed by atoms with E-state index in [1.807, 2.05) is 24.3 Å². The number of rotatable bonds is 6. The predicted octanol–water partition coefficient (Wildman–Crippen LogP) is 4.45. The van der Waals surface area contributed by atoms with Gasteiger partial charge in [-0.15, -0.1) is 0 Å². The minimum absolute atomic E-state index is 0.0585. The molecule has 4 rings (SSSR count). The van der Waals surface area contributed by atoms with Crippen LogP contribution in [0.4, 0.5) is 4.79 Å². The Morgan fingerprint density at radius 2 is 1.71 bits per heavy atom. The van der Waals surface area contributed by atoms with Gasteiger partial charge in [0.25, 0.3) is 0 Å². The Bertz CT molecular complexity index is 1120. The molecule has 0 bridgehead atoms. The van der Waals surface area contributed by atoms with Gasteiger partial charge >= 0.3 is 12.1 Å². The van der Waals surface area contributed by atoms with Gasteiger partial charge in [-0.25, -0.2) is 9.59 Å². The highest BCUT2D eigenvalue weighted by Crippen LogP contribution is 2.38. The highest BCUT2D eigenvalue weighted by Gasteiger charge is 2.28. The number of carboxylic acid groups (broad SMARTS) is 1. The molecule has 0 aliphatic heterocycles. The Hall–Kier alpha value is -3.80. The third-order valence-corrected chi connectivity index (χ3v) is 5.76. The zero-order valence-electron chi connectivity index (χ0n) is 17.0. The van der Waals surface area contributed by atoms with Crippen molar-refractivity contribution in [2.45, 2.75) is 31.9 Å². The Morgan fingerprint density at radius 3 is 2.45 bits per heavy atom. The molecule has 3 aromatic carbocycles. The summed E-state index contributed by atoms with van der Waals surface area (Å²) in [6.07, 6.45) is -0.00592.